The van der Waals surface area contributed by atoms with Gasteiger partial charge < -0.3 is 14.2 Å². The first kappa shape index (κ1) is 13.2. The van der Waals surface area contributed by atoms with Gasteiger partial charge in [-0.1, -0.05) is 0 Å². The molecule has 0 aliphatic rings. The lowest BCUT2D eigenvalue weighted by Gasteiger charge is -2.10. The maximum absolute atomic E-state index is 5.35. The monoisotopic (exact) mass is 225 g/mol. The van der Waals surface area contributed by atoms with Crippen molar-refractivity contribution >= 4 is 0 Å². The predicted molar refractivity (Wildman–Crippen MR) is 65.6 cm³/mol. The van der Waals surface area contributed by atoms with Gasteiger partial charge in [-0.05, 0) is 34.0 Å². The molecule has 0 aliphatic carbocycles. The van der Waals surface area contributed by atoms with Crippen LogP contribution in [0.2, 0.25) is 0 Å². The summed E-state index contributed by atoms with van der Waals surface area (Å²) in [5.41, 5.74) is 0. The van der Waals surface area contributed by atoms with Crippen LogP contribution in [0.1, 0.15) is 19.2 Å². The molecular formula is C12H23N3O. The molecule has 0 saturated carbocycles. The van der Waals surface area contributed by atoms with Crippen LogP contribution in [0.25, 0.3) is 0 Å². The molecule has 4 nitrogen and oxygen atoms in total. The van der Waals surface area contributed by atoms with E-state index in [0.29, 0.717) is 0 Å². The minimum atomic E-state index is 0.771. The number of rotatable bonds is 8. The van der Waals surface area contributed by atoms with Crippen molar-refractivity contribution in [2.24, 2.45) is 0 Å². The summed E-state index contributed by atoms with van der Waals surface area (Å²) >= 11 is 0. The van der Waals surface area contributed by atoms with Gasteiger partial charge in [0.1, 0.15) is 5.82 Å². The lowest BCUT2D eigenvalue weighted by Crippen LogP contribution is -2.15. The van der Waals surface area contributed by atoms with Crippen LogP contribution in [0.4, 0.5) is 0 Å². The first-order chi connectivity index (χ1) is 7.74. The zero-order chi connectivity index (χ0) is 11.8. The summed E-state index contributed by atoms with van der Waals surface area (Å²) in [5, 5.41) is 0. The summed E-state index contributed by atoms with van der Waals surface area (Å²) in [6.45, 7) is 5.59. The van der Waals surface area contributed by atoms with Crippen LogP contribution in [0, 0.1) is 0 Å². The van der Waals surface area contributed by atoms with Crippen molar-refractivity contribution in [1.29, 1.82) is 0 Å². The Kier molecular flexibility index (Phi) is 6.11. The molecule has 0 spiro atoms. The van der Waals surface area contributed by atoms with Crippen LogP contribution in [0.3, 0.4) is 0 Å². The van der Waals surface area contributed by atoms with Crippen molar-refractivity contribution in [3.05, 3.63) is 18.2 Å². The van der Waals surface area contributed by atoms with E-state index < -0.39 is 0 Å². The van der Waals surface area contributed by atoms with E-state index in [1.807, 2.05) is 19.3 Å². The van der Waals surface area contributed by atoms with Gasteiger partial charge >= 0.3 is 0 Å². The Morgan fingerprint density at radius 1 is 1.44 bits per heavy atom. The largest absolute Gasteiger partial charge is 0.380 e. The third kappa shape index (κ3) is 4.77. The fraction of sp³-hybridized carbons (Fsp3) is 0.750. The summed E-state index contributed by atoms with van der Waals surface area (Å²) < 4.78 is 7.53. The number of nitrogens with zero attached hydrogens (tertiary/aromatic N) is 3. The maximum Gasteiger partial charge on any atom is 0.108 e. The zero-order valence-corrected chi connectivity index (χ0v) is 10.6. The van der Waals surface area contributed by atoms with E-state index >= 15 is 0 Å². The van der Waals surface area contributed by atoms with Crippen molar-refractivity contribution in [2.75, 3.05) is 33.9 Å². The molecule has 16 heavy (non-hydrogen) atoms. The molecule has 0 unspecified atom stereocenters. The summed E-state index contributed by atoms with van der Waals surface area (Å²) in [6.07, 6.45) is 6.09. The molecular weight excluding hydrogens is 202 g/mol. The summed E-state index contributed by atoms with van der Waals surface area (Å²) in [7, 11) is 4.20. The molecule has 0 N–H and O–H groups in total. The molecule has 92 valence electrons. The lowest BCUT2D eigenvalue weighted by atomic mass is 10.3. The van der Waals surface area contributed by atoms with Gasteiger partial charge in [0.25, 0.3) is 0 Å². The van der Waals surface area contributed by atoms with E-state index in [0.717, 1.165) is 39.1 Å². The van der Waals surface area contributed by atoms with Gasteiger partial charge in [0.2, 0.25) is 0 Å². The van der Waals surface area contributed by atoms with Crippen LogP contribution in [-0.2, 0) is 17.7 Å². The molecule has 0 fully saturated rings. The molecule has 0 saturated heterocycles. The Morgan fingerprint density at radius 3 is 2.94 bits per heavy atom. The Morgan fingerprint density at radius 2 is 2.25 bits per heavy atom. The average Bonchev–Trinajstić information content (AvgIpc) is 2.66. The second-order valence-electron chi connectivity index (χ2n) is 4.14. The smallest absolute Gasteiger partial charge is 0.108 e. The van der Waals surface area contributed by atoms with Crippen molar-refractivity contribution in [3.63, 3.8) is 0 Å². The average molecular weight is 225 g/mol. The van der Waals surface area contributed by atoms with Gasteiger partial charge in [-0.3, -0.25) is 0 Å². The molecule has 0 bridgehead atoms. The number of aryl methyl sites for hydroxylation is 1. The van der Waals surface area contributed by atoms with Crippen molar-refractivity contribution in [2.45, 2.75) is 26.3 Å². The molecule has 1 rings (SSSR count). The lowest BCUT2D eigenvalue weighted by molar-refractivity contribution is 0.138. The van der Waals surface area contributed by atoms with E-state index in [9.17, 15) is 0 Å². The van der Waals surface area contributed by atoms with E-state index in [2.05, 4.69) is 28.5 Å². The predicted octanol–water partition coefficient (Wildman–Crippen LogP) is 1.41. The molecule has 1 aromatic heterocycles. The summed E-state index contributed by atoms with van der Waals surface area (Å²) in [4.78, 5) is 6.58. The highest BCUT2D eigenvalue weighted by atomic mass is 16.5. The number of hydrogen-bond acceptors (Lipinski definition) is 3. The topological polar surface area (TPSA) is 30.3 Å². The van der Waals surface area contributed by atoms with Crippen molar-refractivity contribution < 1.29 is 4.74 Å². The Hall–Kier alpha value is -0.870. The third-order valence-electron chi connectivity index (χ3n) is 2.49. The van der Waals surface area contributed by atoms with E-state index in [1.54, 1.807) is 0 Å². The number of aromatic nitrogens is 2. The second kappa shape index (κ2) is 7.41. The highest BCUT2D eigenvalue weighted by molar-refractivity contribution is 4.92. The first-order valence-electron chi connectivity index (χ1n) is 5.96. The minimum Gasteiger partial charge on any atom is -0.380 e. The molecule has 0 aromatic carbocycles. The Bertz CT molecular complexity index is 284. The van der Waals surface area contributed by atoms with Gasteiger partial charge in [-0.15, -0.1) is 0 Å². The molecule has 0 aliphatic heterocycles. The zero-order valence-electron chi connectivity index (χ0n) is 10.6. The van der Waals surface area contributed by atoms with Crippen LogP contribution in [0.15, 0.2) is 12.4 Å². The van der Waals surface area contributed by atoms with Gasteiger partial charge in [-0.25, -0.2) is 4.98 Å². The maximum atomic E-state index is 5.35. The van der Waals surface area contributed by atoms with E-state index in [4.69, 9.17) is 4.74 Å². The van der Waals surface area contributed by atoms with Crippen LogP contribution in [-0.4, -0.2) is 48.3 Å². The van der Waals surface area contributed by atoms with Crippen LogP contribution in [0.5, 0.6) is 0 Å². The van der Waals surface area contributed by atoms with Crippen molar-refractivity contribution in [1.82, 2.24) is 14.5 Å². The Balaban J connectivity index is 2.32. The molecule has 1 heterocycles. The van der Waals surface area contributed by atoms with Gasteiger partial charge in [0, 0.05) is 32.0 Å². The fourth-order valence-electron chi connectivity index (χ4n) is 1.63. The SMILES string of the molecule is CCOCCn1ccnc1CCCN(C)C. The number of imidazole rings is 1. The molecule has 0 amide bonds. The van der Waals surface area contributed by atoms with E-state index in [-0.39, 0.29) is 0 Å². The van der Waals surface area contributed by atoms with Gasteiger partial charge in [-0.2, -0.15) is 0 Å². The number of hydrogen-bond donors (Lipinski definition) is 0. The molecule has 0 atom stereocenters. The molecule has 4 heteroatoms. The Labute approximate surface area is 98.2 Å². The molecule has 1 aromatic rings. The number of ether oxygens (including phenoxy) is 1. The highest BCUT2D eigenvalue weighted by Crippen LogP contribution is 2.02. The van der Waals surface area contributed by atoms with E-state index in [1.165, 1.54) is 5.82 Å². The quantitative estimate of drug-likeness (QED) is 0.627. The normalized spacial score (nSPS) is 11.2. The van der Waals surface area contributed by atoms with Crippen LogP contribution >= 0.6 is 0 Å². The van der Waals surface area contributed by atoms with Crippen molar-refractivity contribution in [3.8, 4) is 0 Å². The minimum absolute atomic E-state index is 0.771. The first-order valence-corrected chi connectivity index (χ1v) is 5.96. The third-order valence-corrected chi connectivity index (χ3v) is 2.49. The van der Waals surface area contributed by atoms with Gasteiger partial charge in [0.15, 0.2) is 0 Å². The summed E-state index contributed by atoms with van der Waals surface area (Å²) in [5.74, 6) is 1.17. The standard InChI is InChI=1S/C12H23N3O/c1-4-16-11-10-15-9-7-13-12(15)6-5-8-14(2)3/h7,9H,4-6,8,10-11H2,1-3H3. The second-order valence-corrected chi connectivity index (χ2v) is 4.14. The highest BCUT2D eigenvalue weighted by Gasteiger charge is 2.02. The molecule has 0 radical (unpaired) electrons. The fourth-order valence-corrected chi connectivity index (χ4v) is 1.63. The summed E-state index contributed by atoms with van der Waals surface area (Å²) in [6, 6.07) is 0. The van der Waals surface area contributed by atoms with Gasteiger partial charge in [0.05, 0.1) is 6.61 Å². The van der Waals surface area contributed by atoms with Crippen LogP contribution < -0.4 is 0 Å².